The molecule has 1 aliphatic rings. The maximum Gasteiger partial charge on any atom is 0.165 e. The molecule has 0 unspecified atom stereocenters. The van der Waals surface area contributed by atoms with E-state index < -0.39 is 0 Å². The van der Waals surface area contributed by atoms with Crippen molar-refractivity contribution in [1.82, 2.24) is 19.1 Å². The molecule has 12 rings (SSSR count). The van der Waals surface area contributed by atoms with Crippen LogP contribution in [-0.4, -0.2) is 19.1 Å². The van der Waals surface area contributed by atoms with Gasteiger partial charge in [-0.25, -0.2) is 9.97 Å². The van der Waals surface area contributed by atoms with Crippen LogP contribution in [0.5, 0.6) is 0 Å². The predicted molar refractivity (Wildman–Crippen MR) is 229 cm³/mol. The van der Waals surface area contributed by atoms with Crippen LogP contribution in [0.15, 0.2) is 170 Å². The van der Waals surface area contributed by atoms with Crippen LogP contribution in [0.2, 0.25) is 0 Å². The first-order chi connectivity index (χ1) is 27.0. The lowest BCUT2D eigenvalue weighted by Crippen LogP contribution is -2.14. The molecule has 0 bridgehead atoms. The molecule has 258 valence electrons. The highest BCUT2D eigenvalue weighted by Crippen LogP contribution is 2.50. The lowest BCUT2D eigenvalue weighted by atomic mass is 9.82. The number of hydrogen-bond acceptors (Lipinski definition) is 2. The quantitative estimate of drug-likeness (QED) is 0.184. The summed E-state index contributed by atoms with van der Waals surface area (Å²) in [7, 11) is 0. The summed E-state index contributed by atoms with van der Waals surface area (Å²) < 4.78 is 4.76. The minimum absolute atomic E-state index is 0.0791. The van der Waals surface area contributed by atoms with Gasteiger partial charge in [-0.2, -0.15) is 0 Å². The van der Waals surface area contributed by atoms with Crippen molar-refractivity contribution in [2.75, 3.05) is 0 Å². The van der Waals surface area contributed by atoms with E-state index in [-0.39, 0.29) is 5.41 Å². The average molecular weight is 703 g/mol. The topological polar surface area (TPSA) is 35.6 Å². The maximum atomic E-state index is 5.49. The molecule has 8 aromatic carbocycles. The van der Waals surface area contributed by atoms with E-state index in [1.807, 2.05) is 12.1 Å². The molecule has 3 heterocycles. The Bertz CT molecular complexity index is 3360. The molecule has 0 aliphatic heterocycles. The summed E-state index contributed by atoms with van der Waals surface area (Å²) in [5.74, 6) is 0.823. The van der Waals surface area contributed by atoms with E-state index in [1.165, 1.54) is 65.6 Å². The molecule has 0 saturated carbocycles. The molecule has 3 aromatic heterocycles. The molecule has 0 spiro atoms. The second-order valence-corrected chi connectivity index (χ2v) is 15.4. The summed E-state index contributed by atoms with van der Waals surface area (Å²) >= 11 is 0. The van der Waals surface area contributed by atoms with Gasteiger partial charge >= 0.3 is 0 Å². The van der Waals surface area contributed by atoms with Gasteiger partial charge < -0.3 is 4.57 Å². The highest BCUT2D eigenvalue weighted by atomic mass is 15.1. The second-order valence-electron chi connectivity index (χ2n) is 15.4. The summed E-state index contributed by atoms with van der Waals surface area (Å²) in [5.41, 5.74) is 14.6. The van der Waals surface area contributed by atoms with Gasteiger partial charge in [-0.15, -0.1) is 0 Å². The molecule has 0 radical (unpaired) electrons. The normalized spacial score (nSPS) is 13.4. The molecule has 0 N–H and O–H groups in total. The Hall–Kier alpha value is -7.04. The van der Waals surface area contributed by atoms with E-state index >= 15 is 0 Å². The Balaban J connectivity index is 1.18. The van der Waals surface area contributed by atoms with Gasteiger partial charge in [-0.05, 0) is 87.6 Å². The van der Waals surface area contributed by atoms with Crippen molar-refractivity contribution in [2.24, 2.45) is 0 Å². The SMILES string of the molecule is CC1(C)c2ccccc2-c2cc(-c3nc4ccccc4nc3-n3c4ccc(-n5c6ccccc6c6ccccc65)cc4c4c5ccccc5ccc43)ccc21. The Labute approximate surface area is 317 Å². The Morgan fingerprint density at radius 1 is 0.436 bits per heavy atom. The van der Waals surface area contributed by atoms with E-state index in [0.29, 0.717) is 0 Å². The van der Waals surface area contributed by atoms with Crippen LogP contribution >= 0.6 is 0 Å². The van der Waals surface area contributed by atoms with Gasteiger partial charge in [0, 0.05) is 38.2 Å². The zero-order valence-electron chi connectivity index (χ0n) is 30.5. The highest BCUT2D eigenvalue weighted by Gasteiger charge is 2.35. The lowest BCUT2D eigenvalue weighted by Gasteiger charge is -2.21. The fraction of sp³-hybridized carbons (Fsp3) is 0.0588. The smallest absolute Gasteiger partial charge is 0.165 e. The fourth-order valence-corrected chi connectivity index (χ4v) is 9.55. The van der Waals surface area contributed by atoms with Crippen LogP contribution < -0.4 is 0 Å². The molecule has 4 nitrogen and oxygen atoms in total. The molecular weight excluding hydrogens is 669 g/mol. The van der Waals surface area contributed by atoms with Crippen molar-refractivity contribution in [2.45, 2.75) is 19.3 Å². The van der Waals surface area contributed by atoms with Gasteiger partial charge in [-0.1, -0.05) is 129 Å². The van der Waals surface area contributed by atoms with E-state index in [0.717, 1.165) is 44.8 Å². The van der Waals surface area contributed by atoms with Gasteiger partial charge in [0.15, 0.2) is 5.82 Å². The number of hydrogen-bond donors (Lipinski definition) is 0. The van der Waals surface area contributed by atoms with Gasteiger partial charge in [0.05, 0.1) is 33.1 Å². The first-order valence-electron chi connectivity index (χ1n) is 19.0. The fourth-order valence-electron chi connectivity index (χ4n) is 9.55. The molecule has 1 aliphatic carbocycles. The monoisotopic (exact) mass is 702 g/mol. The van der Waals surface area contributed by atoms with Crippen LogP contribution in [0.1, 0.15) is 25.0 Å². The molecule has 11 aromatic rings. The highest BCUT2D eigenvalue weighted by molar-refractivity contribution is 6.22. The third kappa shape index (κ3) is 4.17. The zero-order chi connectivity index (χ0) is 36.4. The van der Waals surface area contributed by atoms with Crippen molar-refractivity contribution >= 4 is 65.4 Å². The lowest BCUT2D eigenvalue weighted by molar-refractivity contribution is 0.660. The maximum absolute atomic E-state index is 5.49. The summed E-state index contributed by atoms with van der Waals surface area (Å²) in [6, 6.07) is 61.5. The Morgan fingerprint density at radius 3 is 1.85 bits per heavy atom. The number of aromatic nitrogens is 4. The zero-order valence-corrected chi connectivity index (χ0v) is 30.5. The molecule has 0 amide bonds. The number of nitrogens with zero attached hydrogens (tertiary/aromatic N) is 4. The molecule has 0 fully saturated rings. The van der Waals surface area contributed by atoms with Crippen LogP contribution in [0.25, 0.3) is 99.3 Å². The average Bonchev–Trinajstić information content (AvgIpc) is 3.83. The van der Waals surface area contributed by atoms with Gasteiger partial charge in [-0.3, -0.25) is 4.57 Å². The van der Waals surface area contributed by atoms with Gasteiger partial charge in [0.25, 0.3) is 0 Å². The third-order valence-corrected chi connectivity index (χ3v) is 12.1. The molecular formula is C51H34N4. The van der Waals surface area contributed by atoms with Crippen molar-refractivity contribution in [3.05, 3.63) is 181 Å². The number of rotatable bonds is 3. The van der Waals surface area contributed by atoms with Crippen molar-refractivity contribution < 1.29 is 0 Å². The minimum atomic E-state index is -0.0791. The molecule has 0 atom stereocenters. The van der Waals surface area contributed by atoms with Crippen LogP contribution in [0.4, 0.5) is 0 Å². The number of para-hydroxylation sites is 4. The minimum Gasteiger partial charge on any atom is -0.309 e. The van der Waals surface area contributed by atoms with E-state index in [4.69, 9.17) is 9.97 Å². The number of benzene rings is 8. The van der Waals surface area contributed by atoms with Crippen molar-refractivity contribution in [3.8, 4) is 33.9 Å². The molecule has 55 heavy (non-hydrogen) atoms. The largest absolute Gasteiger partial charge is 0.309 e. The summed E-state index contributed by atoms with van der Waals surface area (Å²) in [4.78, 5) is 10.9. The van der Waals surface area contributed by atoms with E-state index in [2.05, 4.69) is 181 Å². The first-order valence-corrected chi connectivity index (χ1v) is 19.0. The van der Waals surface area contributed by atoms with E-state index in [9.17, 15) is 0 Å². The van der Waals surface area contributed by atoms with E-state index in [1.54, 1.807) is 0 Å². The summed E-state index contributed by atoms with van der Waals surface area (Å²) in [5, 5.41) is 7.32. The standard InChI is InChI=1S/C51H34N4/c1-51(2)40-18-8-5-15-35(40)38-29-32(23-26-41(38)51)49-50(53-43-20-10-9-19-42(43)52-49)55-46-28-25-33(30-39(46)48-34-14-4-3-13-31(34)24-27-47(48)55)54-44-21-11-6-16-36(44)37-17-7-12-22-45(37)54/h3-30H,1-2H3. The molecule has 4 heteroatoms. The second kappa shape index (κ2) is 11.0. The first kappa shape index (κ1) is 30.4. The predicted octanol–water partition coefficient (Wildman–Crippen LogP) is 13.0. The van der Waals surface area contributed by atoms with Gasteiger partial charge in [0.1, 0.15) is 5.69 Å². The van der Waals surface area contributed by atoms with Crippen molar-refractivity contribution in [3.63, 3.8) is 0 Å². The van der Waals surface area contributed by atoms with Gasteiger partial charge in [0.2, 0.25) is 0 Å². The van der Waals surface area contributed by atoms with Crippen LogP contribution in [-0.2, 0) is 5.41 Å². The third-order valence-electron chi connectivity index (χ3n) is 12.1. The Morgan fingerprint density at radius 2 is 1.05 bits per heavy atom. The summed E-state index contributed by atoms with van der Waals surface area (Å²) in [6.07, 6.45) is 0. The summed E-state index contributed by atoms with van der Waals surface area (Å²) in [6.45, 7) is 4.66. The van der Waals surface area contributed by atoms with Crippen LogP contribution in [0.3, 0.4) is 0 Å². The Kier molecular flexibility index (Phi) is 6.09. The number of fused-ring (bicyclic) bond motifs is 12. The molecule has 0 saturated heterocycles. The van der Waals surface area contributed by atoms with Crippen molar-refractivity contribution in [1.29, 1.82) is 0 Å². The van der Waals surface area contributed by atoms with Crippen LogP contribution in [0, 0.1) is 0 Å².